The molecule has 0 spiro atoms. The van der Waals surface area contributed by atoms with Gasteiger partial charge < -0.3 is 10.5 Å². The highest BCUT2D eigenvalue weighted by atomic mass is 19.4. The standard InChI is InChI=1S/C4H7F3N2O2/c5-4(6,7)3(10)11-2(9)1-8/h2H,1,8-9H2. The van der Waals surface area contributed by atoms with E-state index in [4.69, 9.17) is 11.5 Å². The molecule has 0 aromatic heterocycles. The van der Waals surface area contributed by atoms with Crippen LogP contribution in [0, 0.1) is 0 Å². The van der Waals surface area contributed by atoms with Gasteiger partial charge in [0.15, 0.2) is 6.23 Å². The van der Waals surface area contributed by atoms with E-state index in [-0.39, 0.29) is 6.54 Å². The minimum atomic E-state index is -5.01. The van der Waals surface area contributed by atoms with Gasteiger partial charge in [-0.15, -0.1) is 0 Å². The molecule has 1 atom stereocenters. The Bertz CT molecular complexity index is 147. The van der Waals surface area contributed by atoms with Gasteiger partial charge in [0.25, 0.3) is 0 Å². The maximum absolute atomic E-state index is 11.4. The zero-order valence-electron chi connectivity index (χ0n) is 5.39. The quantitative estimate of drug-likeness (QED) is 0.428. The van der Waals surface area contributed by atoms with E-state index in [0.717, 1.165) is 0 Å². The normalized spacial score (nSPS) is 14.3. The van der Waals surface area contributed by atoms with Gasteiger partial charge in [-0.25, -0.2) is 4.79 Å². The van der Waals surface area contributed by atoms with Crippen LogP contribution in [0.1, 0.15) is 0 Å². The molecule has 0 amide bonds. The molecular formula is C4H7F3N2O2. The molecule has 0 fully saturated rings. The fraction of sp³-hybridized carbons (Fsp3) is 0.750. The average Bonchev–Trinajstić information content (AvgIpc) is 1.85. The van der Waals surface area contributed by atoms with Gasteiger partial charge in [-0.1, -0.05) is 0 Å². The van der Waals surface area contributed by atoms with E-state index in [0.29, 0.717) is 0 Å². The number of esters is 1. The number of halogens is 3. The summed E-state index contributed by atoms with van der Waals surface area (Å²) in [7, 11) is 0. The summed E-state index contributed by atoms with van der Waals surface area (Å²) in [6, 6.07) is 0. The first-order valence-corrected chi connectivity index (χ1v) is 2.61. The van der Waals surface area contributed by atoms with Crippen molar-refractivity contribution in [3.8, 4) is 0 Å². The van der Waals surface area contributed by atoms with Crippen LogP contribution in [-0.2, 0) is 9.53 Å². The summed E-state index contributed by atoms with van der Waals surface area (Å²) in [4.78, 5) is 9.95. The molecule has 0 aliphatic carbocycles. The molecule has 0 heterocycles. The van der Waals surface area contributed by atoms with Crippen LogP contribution in [0.15, 0.2) is 0 Å². The van der Waals surface area contributed by atoms with Crippen LogP contribution in [0.2, 0.25) is 0 Å². The maximum atomic E-state index is 11.4. The lowest BCUT2D eigenvalue weighted by atomic mass is 10.6. The molecule has 7 heteroatoms. The van der Waals surface area contributed by atoms with Crippen molar-refractivity contribution in [3.05, 3.63) is 0 Å². The van der Waals surface area contributed by atoms with Crippen LogP contribution in [0.4, 0.5) is 13.2 Å². The lowest BCUT2D eigenvalue weighted by Crippen LogP contribution is -2.39. The Balaban J connectivity index is 3.88. The Kier molecular flexibility index (Phi) is 3.27. The van der Waals surface area contributed by atoms with Gasteiger partial charge in [0.05, 0.1) is 0 Å². The predicted molar refractivity (Wildman–Crippen MR) is 29.2 cm³/mol. The number of hydrogen-bond donors (Lipinski definition) is 2. The second kappa shape index (κ2) is 3.54. The SMILES string of the molecule is NCC(N)OC(=O)C(F)(F)F. The molecule has 0 aromatic carbocycles. The van der Waals surface area contributed by atoms with Crippen molar-refractivity contribution in [2.45, 2.75) is 12.4 Å². The first-order chi connectivity index (χ1) is 4.88. The fourth-order valence-corrected chi connectivity index (χ4v) is 0.252. The van der Waals surface area contributed by atoms with Gasteiger partial charge in [-0.3, -0.25) is 5.73 Å². The summed E-state index contributed by atoms with van der Waals surface area (Å²) in [5.41, 5.74) is 9.60. The van der Waals surface area contributed by atoms with E-state index in [1.807, 2.05) is 0 Å². The van der Waals surface area contributed by atoms with Crippen molar-refractivity contribution in [2.24, 2.45) is 11.5 Å². The Labute approximate surface area is 60.3 Å². The molecule has 11 heavy (non-hydrogen) atoms. The van der Waals surface area contributed by atoms with Crippen LogP contribution in [0.5, 0.6) is 0 Å². The second-order valence-corrected chi connectivity index (χ2v) is 1.68. The second-order valence-electron chi connectivity index (χ2n) is 1.68. The molecule has 0 saturated carbocycles. The van der Waals surface area contributed by atoms with Crippen LogP contribution < -0.4 is 11.5 Å². The van der Waals surface area contributed by atoms with Gasteiger partial charge in [-0.2, -0.15) is 13.2 Å². The lowest BCUT2D eigenvalue weighted by Gasteiger charge is -2.11. The Morgan fingerprint density at radius 2 is 2.00 bits per heavy atom. The predicted octanol–water partition coefficient (Wildman–Crippen LogP) is -0.665. The molecule has 66 valence electrons. The van der Waals surface area contributed by atoms with Crippen LogP contribution in [0.3, 0.4) is 0 Å². The van der Waals surface area contributed by atoms with E-state index < -0.39 is 18.4 Å². The number of alkyl halides is 3. The number of carbonyl (C=O) groups is 1. The molecule has 1 unspecified atom stereocenters. The van der Waals surface area contributed by atoms with Crippen LogP contribution in [0.25, 0.3) is 0 Å². The van der Waals surface area contributed by atoms with Gasteiger partial charge in [0.2, 0.25) is 0 Å². The minimum absolute atomic E-state index is 0.345. The average molecular weight is 172 g/mol. The summed E-state index contributed by atoms with van der Waals surface area (Å²) in [6.45, 7) is -0.345. The molecule has 0 rings (SSSR count). The lowest BCUT2D eigenvalue weighted by molar-refractivity contribution is -0.204. The van der Waals surface area contributed by atoms with E-state index in [1.54, 1.807) is 0 Å². The molecule has 0 radical (unpaired) electrons. The molecule has 0 aromatic rings. The summed E-state index contributed by atoms with van der Waals surface area (Å²) in [6.07, 6.45) is -6.41. The van der Waals surface area contributed by atoms with Crippen molar-refractivity contribution in [2.75, 3.05) is 6.54 Å². The largest absolute Gasteiger partial charge is 0.490 e. The topological polar surface area (TPSA) is 78.3 Å². The highest BCUT2D eigenvalue weighted by Gasteiger charge is 2.41. The highest BCUT2D eigenvalue weighted by molar-refractivity contribution is 5.75. The third-order valence-electron chi connectivity index (χ3n) is 0.722. The van der Waals surface area contributed by atoms with Gasteiger partial charge in [0.1, 0.15) is 0 Å². The number of nitrogens with two attached hydrogens (primary N) is 2. The first kappa shape index (κ1) is 10.2. The number of ether oxygens (including phenoxy) is 1. The Hall–Kier alpha value is -0.820. The van der Waals surface area contributed by atoms with Gasteiger partial charge in [0, 0.05) is 6.54 Å². The highest BCUT2D eigenvalue weighted by Crippen LogP contribution is 2.16. The third kappa shape index (κ3) is 3.79. The van der Waals surface area contributed by atoms with E-state index in [2.05, 4.69) is 4.74 Å². The summed E-state index contributed by atoms with van der Waals surface area (Å²) >= 11 is 0. The molecule has 4 N–H and O–H groups in total. The van der Waals surface area contributed by atoms with Crippen molar-refractivity contribution >= 4 is 5.97 Å². The van der Waals surface area contributed by atoms with Crippen LogP contribution in [-0.4, -0.2) is 24.9 Å². The van der Waals surface area contributed by atoms with E-state index >= 15 is 0 Å². The van der Waals surface area contributed by atoms with Gasteiger partial charge in [-0.05, 0) is 0 Å². The molecule has 0 aliphatic heterocycles. The number of carbonyl (C=O) groups excluding carboxylic acids is 1. The van der Waals surface area contributed by atoms with Gasteiger partial charge >= 0.3 is 12.1 Å². The van der Waals surface area contributed by atoms with E-state index in [1.165, 1.54) is 0 Å². The third-order valence-corrected chi connectivity index (χ3v) is 0.722. The molecule has 4 nitrogen and oxygen atoms in total. The van der Waals surface area contributed by atoms with E-state index in [9.17, 15) is 18.0 Å². The Morgan fingerprint density at radius 3 is 2.27 bits per heavy atom. The molecule has 0 bridgehead atoms. The summed E-state index contributed by atoms with van der Waals surface area (Å²) in [5, 5.41) is 0. The smallest absolute Gasteiger partial charge is 0.439 e. The molecule has 0 aliphatic rings. The number of hydrogen-bond acceptors (Lipinski definition) is 4. The fourth-order valence-electron chi connectivity index (χ4n) is 0.252. The monoisotopic (exact) mass is 172 g/mol. The minimum Gasteiger partial charge on any atom is -0.439 e. The van der Waals surface area contributed by atoms with Crippen LogP contribution >= 0.6 is 0 Å². The molecular weight excluding hydrogens is 165 g/mol. The maximum Gasteiger partial charge on any atom is 0.490 e. The van der Waals surface area contributed by atoms with Crippen molar-refractivity contribution in [1.82, 2.24) is 0 Å². The zero-order chi connectivity index (χ0) is 9.07. The van der Waals surface area contributed by atoms with Crippen molar-refractivity contribution < 1.29 is 22.7 Å². The summed E-state index contributed by atoms with van der Waals surface area (Å²) in [5.74, 6) is -2.32. The van der Waals surface area contributed by atoms with Crippen molar-refractivity contribution in [1.29, 1.82) is 0 Å². The van der Waals surface area contributed by atoms with Crippen molar-refractivity contribution in [3.63, 3.8) is 0 Å². The molecule has 0 saturated heterocycles. The summed E-state index contributed by atoms with van der Waals surface area (Å²) < 4.78 is 37.8. The first-order valence-electron chi connectivity index (χ1n) is 2.61. The number of rotatable bonds is 2. The zero-order valence-corrected chi connectivity index (χ0v) is 5.39. The Morgan fingerprint density at radius 1 is 1.55 bits per heavy atom.